The van der Waals surface area contributed by atoms with Gasteiger partial charge in [-0.25, -0.2) is 4.79 Å². The lowest BCUT2D eigenvalue weighted by molar-refractivity contribution is -0.131. The van der Waals surface area contributed by atoms with Gasteiger partial charge in [0.25, 0.3) is 0 Å². The number of rotatable bonds is 3. The van der Waals surface area contributed by atoms with Crippen LogP contribution in [0.4, 0.5) is 0 Å². The molecule has 0 fully saturated rings. The molecule has 0 aliphatic heterocycles. The monoisotopic (exact) mass is 204 g/mol. The Labute approximate surface area is 90.3 Å². The number of hydrogen-bond acceptors (Lipinski definition) is 1. The molecule has 2 heteroatoms. The quantitative estimate of drug-likeness (QED) is 0.768. The van der Waals surface area contributed by atoms with Crippen LogP contribution in [0.2, 0.25) is 0 Å². The van der Waals surface area contributed by atoms with Crippen LogP contribution in [0.25, 0.3) is 5.57 Å². The van der Waals surface area contributed by atoms with E-state index in [4.69, 9.17) is 5.11 Å². The predicted octanol–water partition coefficient (Wildman–Crippen LogP) is 3.18. The lowest BCUT2D eigenvalue weighted by Gasteiger charge is -2.10. The van der Waals surface area contributed by atoms with Crippen LogP contribution in [0.15, 0.2) is 24.3 Å². The van der Waals surface area contributed by atoms with Gasteiger partial charge in [0, 0.05) is 6.08 Å². The topological polar surface area (TPSA) is 37.3 Å². The minimum absolute atomic E-state index is 0.733. The number of allylic oxidation sites excluding steroid dienone is 1. The molecule has 1 N–H and O–H groups in total. The second kappa shape index (κ2) is 4.78. The first kappa shape index (κ1) is 11.5. The predicted molar refractivity (Wildman–Crippen MR) is 61.8 cm³/mol. The molecule has 15 heavy (non-hydrogen) atoms. The van der Waals surface area contributed by atoms with Gasteiger partial charge in [0.1, 0.15) is 0 Å². The first-order valence-electron chi connectivity index (χ1n) is 5.06. The zero-order valence-electron chi connectivity index (χ0n) is 9.37. The Morgan fingerprint density at radius 3 is 2.60 bits per heavy atom. The molecule has 0 bridgehead atoms. The molecule has 0 atom stereocenters. The molecule has 1 aromatic carbocycles. The summed E-state index contributed by atoms with van der Waals surface area (Å²) in [5.74, 6) is -0.882. The molecule has 0 spiro atoms. The van der Waals surface area contributed by atoms with E-state index < -0.39 is 5.97 Å². The van der Waals surface area contributed by atoms with E-state index in [2.05, 4.69) is 0 Å². The largest absolute Gasteiger partial charge is 0.478 e. The maximum atomic E-state index is 10.7. The molecule has 0 amide bonds. The number of carbonyl (C=O) groups is 1. The summed E-state index contributed by atoms with van der Waals surface area (Å²) in [5.41, 5.74) is 4.27. The number of benzene rings is 1. The van der Waals surface area contributed by atoms with Crippen LogP contribution in [0.1, 0.15) is 30.0 Å². The normalized spacial score (nSPS) is 11.5. The van der Waals surface area contributed by atoms with Crippen molar-refractivity contribution in [2.75, 3.05) is 0 Å². The van der Waals surface area contributed by atoms with Gasteiger partial charge in [0.05, 0.1) is 0 Å². The van der Waals surface area contributed by atoms with Gasteiger partial charge in [0.2, 0.25) is 0 Å². The fourth-order valence-electron chi connectivity index (χ4n) is 1.62. The minimum atomic E-state index is -0.882. The van der Waals surface area contributed by atoms with Gasteiger partial charge < -0.3 is 5.11 Å². The van der Waals surface area contributed by atoms with Crippen molar-refractivity contribution in [3.05, 3.63) is 41.0 Å². The summed E-state index contributed by atoms with van der Waals surface area (Å²) in [6.07, 6.45) is 2.03. The zero-order valence-corrected chi connectivity index (χ0v) is 9.37. The molecule has 1 aromatic rings. The molecule has 0 unspecified atom stereocenters. The van der Waals surface area contributed by atoms with Gasteiger partial charge in [-0.1, -0.05) is 25.1 Å². The SMILES string of the molecule is CC/C(=C\C(=O)O)c1cccc(C)c1C. The summed E-state index contributed by atoms with van der Waals surface area (Å²) in [6, 6.07) is 5.97. The maximum Gasteiger partial charge on any atom is 0.328 e. The summed E-state index contributed by atoms with van der Waals surface area (Å²) in [6.45, 7) is 6.03. The van der Waals surface area contributed by atoms with Gasteiger partial charge in [-0.2, -0.15) is 0 Å². The van der Waals surface area contributed by atoms with E-state index >= 15 is 0 Å². The van der Waals surface area contributed by atoms with Crippen molar-refractivity contribution in [2.24, 2.45) is 0 Å². The Balaban J connectivity index is 3.24. The van der Waals surface area contributed by atoms with E-state index in [-0.39, 0.29) is 0 Å². The van der Waals surface area contributed by atoms with E-state index in [0.29, 0.717) is 0 Å². The number of carboxylic acids is 1. The fourth-order valence-corrected chi connectivity index (χ4v) is 1.62. The smallest absolute Gasteiger partial charge is 0.328 e. The zero-order chi connectivity index (χ0) is 11.4. The average molecular weight is 204 g/mol. The molecular formula is C13H16O2. The number of aliphatic carboxylic acids is 1. The Hall–Kier alpha value is -1.57. The standard InChI is InChI=1S/C13H16O2/c1-4-11(8-13(14)15)12-7-5-6-9(2)10(12)3/h5-8H,4H2,1-3H3,(H,14,15)/b11-8+. The Morgan fingerprint density at radius 1 is 1.40 bits per heavy atom. The van der Waals surface area contributed by atoms with Crippen molar-refractivity contribution in [3.8, 4) is 0 Å². The van der Waals surface area contributed by atoms with Crippen LogP contribution in [-0.4, -0.2) is 11.1 Å². The highest BCUT2D eigenvalue weighted by molar-refractivity contribution is 5.90. The molecule has 80 valence electrons. The van der Waals surface area contributed by atoms with Crippen molar-refractivity contribution in [2.45, 2.75) is 27.2 Å². The van der Waals surface area contributed by atoms with Crippen LogP contribution in [0.5, 0.6) is 0 Å². The molecule has 0 aliphatic carbocycles. The number of carboxylic acid groups (broad SMARTS) is 1. The van der Waals surface area contributed by atoms with E-state index in [1.165, 1.54) is 11.6 Å². The number of aryl methyl sites for hydroxylation is 1. The highest BCUT2D eigenvalue weighted by atomic mass is 16.4. The van der Waals surface area contributed by atoms with Crippen LogP contribution in [0, 0.1) is 13.8 Å². The maximum absolute atomic E-state index is 10.7. The van der Waals surface area contributed by atoms with Gasteiger partial charge in [-0.3, -0.25) is 0 Å². The van der Waals surface area contributed by atoms with Gasteiger partial charge in [-0.05, 0) is 42.5 Å². The third-order valence-corrected chi connectivity index (χ3v) is 2.63. The van der Waals surface area contributed by atoms with Gasteiger partial charge in [-0.15, -0.1) is 0 Å². The second-order valence-corrected chi connectivity index (χ2v) is 3.61. The van der Waals surface area contributed by atoms with Crippen molar-refractivity contribution < 1.29 is 9.90 Å². The van der Waals surface area contributed by atoms with Crippen LogP contribution in [-0.2, 0) is 4.79 Å². The summed E-state index contributed by atoms with van der Waals surface area (Å²) >= 11 is 0. The third-order valence-electron chi connectivity index (χ3n) is 2.63. The minimum Gasteiger partial charge on any atom is -0.478 e. The fraction of sp³-hybridized carbons (Fsp3) is 0.308. The van der Waals surface area contributed by atoms with Crippen molar-refractivity contribution >= 4 is 11.5 Å². The highest BCUT2D eigenvalue weighted by Gasteiger charge is 2.06. The lowest BCUT2D eigenvalue weighted by atomic mass is 9.95. The average Bonchev–Trinajstić information content (AvgIpc) is 2.19. The van der Waals surface area contributed by atoms with E-state index in [1.54, 1.807) is 0 Å². The van der Waals surface area contributed by atoms with Crippen LogP contribution >= 0.6 is 0 Å². The summed E-state index contributed by atoms with van der Waals surface area (Å²) in [7, 11) is 0. The molecule has 0 saturated carbocycles. The first-order valence-corrected chi connectivity index (χ1v) is 5.06. The summed E-state index contributed by atoms with van der Waals surface area (Å²) in [4.78, 5) is 10.7. The Kier molecular flexibility index (Phi) is 3.67. The molecule has 0 saturated heterocycles. The van der Waals surface area contributed by atoms with Crippen molar-refractivity contribution in [1.82, 2.24) is 0 Å². The molecule has 0 heterocycles. The summed E-state index contributed by atoms with van der Waals surface area (Å²) < 4.78 is 0. The Morgan fingerprint density at radius 2 is 2.07 bits per heavy atom. The molecule has 0 aromatic heterocycles. The van der Waals surface area contributed by atoms with Crippen molar-refractivity contribution in [1.29, 1.82) is 0 Å². The second-order valence-electron chi connectivity index (χ2n) is 3.61. The molecular weight excluding hydrogens is 188 g/mol. The first-order chi connectivity index (χ1) is 7.06. The van der Waals surface area contributed by atoms with Crippen LogP contribution in [0.3, 0.4) is 0 Å². The Bertz CT molecular complexity index is 403. The van der Waals surface area contributed by atoms with E-state index in [9.17, 15) is 4.79 Å². The van der Waals surface area contributed by atoms with E-state index in [1.807, 2.05) is 39.0 Å². The summed E-state index contributed by atoms with van der Waals surface area (Å²) in [5, 5.41) is 8.76. The van der Waals surface area contributed by atoms with Gasteiger partial charge >= 0.3 is 5.97 Å². The number of hydrogen-bond donors (Lipinski definition) is 1. The van der Waals surface area contributed by atoms with E-state index in [0.717, 1.165) is 23.1 Å². The molecule has 1 rings (SSSR count). The highest BCUT2D eigenvalue weighted by Crippen LogP contribution is 2.23. The third kappa shape index (κ3) is 2.69. The van der Waals surface area contributed by atoms with Crippen molar-refractivity contribution in [3.63, 3.8) is 0 Å². The molecule has 0 aliphatic rings. The van der Waals surface area contributed by atoms with Crippen LogP contribution < -0.4 is 0 Å². The lowest BCUT2D eigenvalue weighted by Crippen LogP contribution is -1.95. The molecule has 2 nitrogen and oxygen atoms in total. The molecule has 0 radical (unpaired) electrons. The van der Waals surface area contributed by atoms with Gasteiger partial charge in [0.15, 0.2) is 0 Å².